The lowest BCUT2D eigenvalue weighted by atomic mass is 10.2. The molecule has 13 heavy (non-hydrogen) atoms. The number of anilines is 2. The van der Waals surface area contributed by atoms with Crippen LogP contribution in [-0.4, -0.2) is 18.5 Å². The zero-order chi connectivity index (χ0) is 9.42. The van der Waals surface area contributed by atoms with Gasteiger partial charge in [-0.15, -0.1) is 11.3 Å². The second kappa shape index (κ2) is 3.03. The van der Waals surface area contributed by atoms with Crippen LogP contribution in [0.15, 0.2) is 11.4 Å². The summed E-state index contributed by atoms with van der Waals surface area (Å²) in [5.74, 6) is 0.119. The van der Waals surface area contributed by atoms with Crippen molar-refractivity contribution in [3.63, 3.8) is 0 Å². The van der Waals surface area contributed by atoms with Crippen LogP contribution in [0, 0.1) is 0 Å². The maximum atomic E-state index is 11.3. The van der Waals surface area contributed by atoms with Gasteiger partial charge >= 0.3 is 0 Å². The van der Waals surface area contributed by atoms with E-state index in [4.69, 9.17) is 0 Å². The van der Waals surface area contributed by atoms with Gasteiger partial charge in [-0.1, -0.05) is 0 Å². The van der Waals surface area contributed by atoms with E-state index < -0.39 is 0 Å². The number of hydrogen-bond acceptors (Lipinski definition) is 3. The molecule has 1 aromatic heterocycles. The maximum absolute atomic E-state index is 11.3. The van der Waals surface area contributed by atoms with E-state index in [1.807, 2.05) is 16.3 Å². The van der Waals surface area contributed by atoms with E-state index in [0.717, 1.165) is 17.2 Å². The zero-order valence-electron chi connectivity index (χ0n) is 7.70. The van der Waals surface area contributed by atoms with Crippen LogP contribution in [-0.2, 0) is 4.79 Å². The van der Waals surface area contributed by atoms with Crippen molar-refractivity contribution in [3.05, 3.63) is 11.4 Å². The molecule has 0 saturated carbocycles. The van der Waals surface area contributed by atoms with Crippen molar-refractivity contribution >= 4 is 27.9 Å². The third kappa shape index (κ3) is 1.42. The molecule has 0 aromatic carbocycles. The van der Waals surface area contributed by atoms with Crippen LogP contribution in [0.3, 0.4) is 0 Å². The van der Waals surface area contributed by atoms with Crippen LogP contribution in [0.2, 0.25) is 0 Å². The maximum Gasteiger partial charge on any atom is 0.224 e. The van der Waals surface area contributed by atoms with Crippen molar-refractivity contribution in [2.45, 2.75) is 19.9 Å². The van der Waals surface area contributed by atoms with Crippen molar-refractivity contribution < 1.29 is 4.79 Å². The molecule has 1 aliphatic rings. The minimum absolute atomic E-state index is 0.119. The number of rotatable bonds is 0. The van der Waals surface area contributed by atoms with E-state index in [9.17, 15) is 4.79 Å². The van der Waals surface area contributed by atoms with E-state index in [-0.39, 0.29) is 5.91 Å². The molecule has 70 valence electrons. The molecule has 3 nitrogen and oxygen atoms in total. The molecule has 0 bridgehead atoms. The summed E-state index contributed by atoms with van der Waals surface area (Å²) in [4.78, 5) is 13.1. The van der Waals surface area contributed by atoms with Gasteiger partial charge in [0.25, 0.3) is 0 Å². The molecular weight excluding hydrogens is 184 g/mol. The zero-order valence-corrected chi connectivity index (χ0v) is 8.52. The summed E-state index contributed by atoms with van der Waals surface area (Å²) in [6.07, 6.45) is 0. The molecule has 1 aliphatic heterocycles. The van der Waals surface area contributed by atoms with E-state index in [1.165, 1.54) is 0 Å². The topological polar surface area (TPSA) is 32.3 Å². The van der Waals surface area contributed by atoms with Gasteiger partial charge in [-0.05, 0) is 18.4 Å². The second-order valence-corrected chi connectivity index (χ2v) is 4.23. The van der Waals surface area contributed by atoms with Gasteiger partial charge in [0, 0.05) is 19.5 Å². The fourth-order valence-electron chi connectivity index (χ4n) is 1.56. The third-order valence-electron chi connectivity index (χ3n) is 2.15. The molecule has 1 unspecified atom stereocenters. The molecule has 0 radical (unpaired) electrons. The standard InChI is InChI=1S/C9H12N2OS/c1-6-5-11(7(2)12)8-3-4-13-9(8)10-6/h3-4,6,10H,5H2,1-2H3. The molecule has 0 saturated heterocycles. The summed E-state index contributed by atoms with van der Waals surface area (Å²) >= 11 is 1.65. The Morgan fingerprint density at radius 2 is 2.54 bits per heavy atom. The molecule has 4 heteroatoms. The summed E-state index contributed by atoms with van der Waals surface area (Å²) in [5, 5.41) is 6.46. The molecule has 1 aromatic rings. The Labute approximate surface area is 81.4 Å². The van der Waals surface area contributed by atoms with Gasteiger partial charge in [0.1, 0.15) is 5.00 Å². The number of hydrogen-bond donors (Lipinski definition) is 1. The van der Waals surface area contributed by atoms with Gasteiger partial charge < -0.3 is 10.2 Å². The van der Waals surface area contributed by atoms with Crippen molar-refractivity contribution in [2.75, 3.05) is 16.8 Å². The van der Waals surface area contributed by atoms with E-state index in [0.29, 0.717) is 6.04 Å². The van der Waals surface area contributed by atoms with Crippen LogP contribution >= 0.6 is 11.3 Å². The Kier molecular flexibility index (Phi) is 2.00. The average Bonchev–Trinajstić information content (AvgIpc) is 2.49. The highest BCUT2D eigenvalue weighted by atomic mass is 32.1. The van der Waals surface area contributed by atoms with Gasteiger partial charge in [0.2, 0.25) is 5.91 Å². The summed E-state index contributed by atoms with van der Waals surface area (Å²) in [5.41, 5.74) is 1.02. The predicted octanol–water partition coefficient (Wildman–Crippen LogP) is 1.91. The number of carbonyl (C=O) groups is 1. The third-order valence-corrected chi connectivity index (χ3v) is 2.98. The van der Waals surface area contributed by atoms with Gasteiger partial charge in [-0.2, -0.15) is 0 Å². The van der Waals surface area contributed by atoms with E-state index in [2.05, 4.69) is 12.2 Å². The van der Waals surface area contributed by atoms with E-state index in [1.54, 1.807) is 18.3 Å². The quantitative estimate of drug-likeness (QED) is 0.687. The molecule has 1 atom stereocenters. The first-order valence-corrected chi connectivity index (χ1v) is 5.18. The Hall–Kier alpha value is -1.03. The number of amides is 1. The second-order valence-electron chi connectivity index (χ2n) is 3.31. The number of thiophene rings is 1. The number of carbonyl (C=O) groups excluding carboxylic acids is 1. The Morgan fingerprint density at radius 1 is 1.77 bits per heavy atom. The summed E-state index contributed by atoms with van der Waals surface area (Å²) in [7, 11) is 0. The van der Waals surface area contributed by atoms with Crippen LogP contribution in [0.4, 0.5) is 10.7 Å². The molecule has 2 rings (SSSR count). The molecule has 2 heterocycles. The van der Waals surface area contributed by atoms with Gasteiger partial charge in [-0.3, -0.25) is 4.79 Å². The van der Waals surface area contributed by atoms with Crippen LogP contribution in [0.1, 0.15) is 13.8 Å². The van der Waals surface area contributed by atoms with Gasteiger partial charge in [-0.25, -0.2) is 0 Å². The first-order valence-electron chi connectivity index (χ1n) is 4.30. The van der Waals surface area contributed by atoms with E-state index >= 15 is 0 Å². The smallest absolute Gasteiger partial charge is 0.224 e. The predicted molar refractivity (Wildman–Crippen MR) is 55.4 cm³/mol. The summed E-state index contributed by atoms with van der Waals surface area (Å²) in [6, 6.07) is 2.33. The number of fused-ring (bicyclic) bond motifs is 1. The van der Waals surface area contributed by atoms with Crippen molar-refractivity contribution in [3.8, 4) is 0 Å². The largest absolute Gasteiger partial charge is 0.371 e. The SMILES string of the molecule is CC(=O)N1CC(C)Nc2sccc21. The van der Waals surface area contributed by atoms with Crippen LogP contribution in [0.5, 0.6) is 0 Å². The highest BCUT2D eigenvalue weighted by Gasteiger charge is 2.24. The number of nitrogens with zero attached hydrogens (tertiary/aromatic N) is 1. The molecule has 0 fully saturated rings. The Balaban J connectivity index is 2.38. The first-order chi connectivity index (χ1) is 6.18. The molecule has 0 spiro atoms. The van der Waals surface area contributed by atoms with Gasteiger partial charge in [0.15, 0.2) is 0 Å². The molecule has 0 aliphatic carbocycles. The average molecular weight is 196 g/mol. The Morgan fingerprint density at radius 3 is 3.23 bits per heavy atom. The molecule has 1 amide bonds. The van der Waals surface area contributed by atoms with Crippen molar-refractivity contribution in [2.24, 2.45) is 0 Å². The fraction of sp³-hybridized carbons (Fsp3) is 0.444. The van der Waals surface area contributed by atoms with Crippen molar-refractivity contribution in [1.82, 2.24) is 0 Å². The first kappa shape index (κ1) is 8.56. The van der Waals surface area contributed by atoms with Crippen molar-refractivity contribution in [1.29, 1.82) is 0 Å². The number of nitrogens with one attached hydrogen (secondary N) is 1. The lowest BCUT2D eigenvalue weighted by molar-refractivity contribution is -0.116. The van der Waals surface area contributed by atoms with Gasteiger partial charge in [0.05, 0.1) is 5.69 Å². The molecule has 1 N–H and O–H groups in total. The highest BCUT2D eigenvalue weighted by molar-refractivity contribution is 7.15. The lowest BCUT2D eigenvalue weighted by Crippen LogP contribution is -2.41. The highest BCUT2D eigenvalue weighted by Crippen LogP contribution is 2.35. The Bertz CT molecular complexity index is 334. The van der Waals surface area contributed by atoms with Crippen LogP contribution < -0.4 is 10.2 Å². The monoisotopic (exact) mass is 196 g/mol. The van der Waals surface area contributed by atoms with Crippen LogP contribution in [0.25, 0.3) is 0 Å². The molecular formula is C9H12N2OS. The minimum atomic E-state index is 0.119. The lowest BCUT2D eigenvalue weighted by Gasteiger charge is -2.31. The minimum Gasteiger partial charge on any atom is -0.371 e. The summed E-state index contributed by atoms with van der Waals surface area (Å²) < 4.78 is 0. The summed E-state index contributed by atoms with van der Waals surface area (Å²) in [6.45, 7) is 4.46. The fourth-order valence-corrected chi connectivity index (χ4v) is 2.46. The normalized spacial score (nSPS) is 20.8.